The lowest BCUT2D eigenvalue weighted by Gasteiger charge is -2.15. The van der Waals surface area contributed by atoms with Crippen LogP contribution in [0.4, 0.5) is 4.39 Å². The Labute approximate surface area is 129 Å². The number of aromatic nitrogens is 2. The number of para-hydroxylation sites is 1. The average Bonchev–Trinajstić information content (AvgIpc) is 2.96. The first-order chi connectivity index (χ1) is 10.7. The lowest BCUT2D eigenvalue weighted by Crippen LogP contribution is -2.17. The van der Waals surface area contributed by atoms with E-state index in [1.807, 2.05) is 60.5 Å². The Balaban J connectivity index is 1.65. The van der Waals surface area contributed by atoms with Crippen LogP contribution in [0.1, 0.15) is 11.1 Å². The zero-order valence-electron chi connectivity index (χ0n) is 12.5. The van der Waals surface area contributed by atoms with Crippen molar-refractivity contribution in [2.75, 3.05) is 7.05 Å². The van der Waals surface area contributed by atoms with Crippen LogP contribution in [0.25, 0.3) is 5.69 Å². The highest BCUT2D eigenvalue weighted by atomic mass is 19.1. The minimum atomic E-state index is -0.192. The van der Waals surface area contributed by atoms with Crippen LogP contribution in [0, 0.1) is 5.82 Å². The first kappa shape index (κ1) is 14.5. The van der Waals surface area contributed by atoms with Crippen LogP contribution >= 0.6 is 0 Å². The summed E-state index contributed by atoms with van der Waals surface area (Å²) in [5, 5.41) is 4.39. The van der Waals surface area contributed by atoms with E-state index in [1.54, 1.807) is 12.1 Å². The first-order valence-corrected chi connectivity index (χ1v) is 7.23. The Morgan fingerprint density at radius 1 is 1.00 bits per heavy atom. The van der Waals surface area contributed by atoms with Gasteiger partial charge >= 0.3 is 0 Å². The molecule has 0 bridgehead atoms. The van der Waals surface area contributed by atoms with Gasteiger partial charge in [0.25, 0.3) is 0 Å². The van der Waals surface area contributed by atoms with Crippen LogP contribution in [0.15, 0.2) is 67.0 Å². The smallest absolute Gasteiger partial charge is 0.123 e. The minimum absolute atomic E-state index is 0.192. The Bertz CT molecular complexity index is 737. The molecule has 0 spiro atoms. The highest BCUT2D eigenvalue weighted by molar-refractivity contribution is 5.30. The number of halogens is 1. The second-order valence-corrected chi connectivity index (χ2v) is 5.43. The number of nitrogens with zero attached hydrogens (tertiary/aromatic N) is 3. The average molecular weight is 295 g/mol. The summed E-state index contributed by atoms with van der Waals surface area (Å²) in [6.07, 6.45) is 3.90. The molecule has 3 rings (SSSR count). The molecule has 3 aromatic rings. The van der Waals surface area contributed by atoms with Gasteiger partial charge in [-0.3, -0.25) is 4.90 Å². The minimum Gasteiger partial charge on any atom is -0.298 e. The molecule has 0 aliphatic carbocycles. The summed E-state index contributed by atoms with van der Waals surface area (Å²) in [6, 6.07) is 16.7. The molecular weight excluding hydrogens is 277 g/mol. The van der Waals surface area contributed by atoms with Gasteiger partial charge < -0.3 is 0 Å². The fraction of sp³-hybridized carbons (Fsp3) is 0.167. The molecule has 4 heteroatoms. The van der Waals surface area contributed by atoms with E-state index < -0.39 is 0 Å². The maximum atomic E-state index is 13.2. The van der Waals surface area contributed by atoms with Crippen molar-refractivity contribution in [3.05, 3.63) is 83.9 Å². The predicted molar refractivity (Wildman–Crippen MR) is 85.1 cm³/mol. The molecule has 1 heterocycles. The van der Waals surface area contributed by atoms with Crippen molar-refractivity contribution in [1.82, 2.24) is 14.7 Å². The van der Waals surface area contributed by atoms with E-state index in [4.69, 9.17) is 0 Å². The summed E-state index contributed by atoms with van der Waals surface area (Å²) in [4.78, 5) is 2.14. The third-order valence-electron chi connectivity index (χ3n) is 3.45. The molecule has 0 N–H and O–H groups in total. The molecule has 0 fully saturated rings. The number of benzene rings is 2. The molecule has 0 saturated carbocycles. The van der Waals surface area contributed by atoms with Gasteiger partial charge in [0.1, 0.15) is 5.82 Å². The molecular formula is C18H18FN3. The van der Waals surface area contributed by atoms with Gasteiger partial charge in [-0.1, -0.05) is 30.3 Å². The topological polar surface area (TPSA) is 21.1 Å². The predicted octanol–water partition coefficient (Wildman–Crippen LogP) is 3.64. The zero-order valence-corrected chi connectivity index (χ0v) is 12.5. The second-order valence-electron chi connectivity index (χ2n) is 5.43. The third kappa shape index (κ3) is 3.59. The summed E-state index contributed by atoms with van der Waals surface area (Å²) in [5.74, 6) is -0.192. The number of rotatable bonds is 5. The third-order valence-corrected chi connectivity index (χ3v) is 3.45. The summed E-state index contributed by atoms with van der Waals surface area (Å²) in [6.45, 7) is 1.47. The van der Waals surface area contributed by atoms with Crippen molar-refractivity contribution >= 4 is 0 Å². The highest BCUT2D eigenvalue weighted by Crippen LogP contribution is 2.11. The molecule has 0 saturated heterocycles. The lowest BCUT2D eigenvalue weighted by molar-refractivity contribution is 0.318. The van der Waals surface area contributed by atoms with Gasteiger partial charge in [0.05, 0.1) is 11.9 Å². The van der Waals surface area contributed by atoms with Crippen LogP contribution in [0.2, 0.25) is 0 Å². The van der Waals surface area contributed by atoms with Gasteiger partial charge in [-0.05, 0) is 36.9 Å². The molecule has 1 aromatic heterocycles. The first-order valence-electron chi connectivity index (χ1n) is 7.23. The molecule has 0 unspecified atom stereocenters. The summed E-state index contributed by atoms with van der Waals surface area (Å²) >= 11 is 0. The summed E-state index contributed by atoms with van der Waals surface area (Å²) in [7, 11) is 2.02. The molecule has 0 amide bonds. The number of hydrogen-bond acceptors (Lipinski definition) is 2. The van der Waals surface area contributed by atoms with Crippen LogP contribution in [-0.2, 0) is 13.1 Å². The van der Waals surface area contributed by atoms with Gasteiger partial charge in [-0.2, -0.15) is 5.10 Å². The number of hydrogen-bond donors (Lipinski definition) is 0. The van der Waals surface area contributed by atoms with E-state index in [0.29, 0.717) is 6.54 Å². The van der Waals surface area contributed by atoms with Gasteiger partial charge in [-0.15, -0.1) is 0 Å². The Morgan fingerprint density at radius 2 is 1.77 bits per heavy atom. The standard InChI is InChI=1S/C18H18FN3/c1-21(12-15-6-5-7-17(19)10-15)13-16-11-20-22(14-16)18-8-3-2-4-9-18/h2-11,14H,12-13H2,1H3. The Kier molecular flexibility index (Phi) is 4.30. The van der Waals surface area contributed by atoms with Crippen molar-refractivity contribution in [2.45, 2.75) is 13.1 Å². The molecule has 0 aliphatic heterocycles. The van der Waals surface area contributed by atoms with Crippen LogP contribution in [-0.4, -0.2) is 21.7 Å². The van der Waals surface area contributed by atoms with E-state index in [2.05, 4.69) is 10.00 Å². The fourth-order valence-electron chi connectivity index (χ4n) is 2.48. The zero-order chi connectivity index (χ0) is 15.4. The largest absolute Gasteiger partial charge is 0.298 e. The molecule has 3 nitrogen and oxygen atoms in total. The van der Waals surface area contributed by atoms with Crippen molar-refractivity contribution in [2.24, 2.45) is 0 Å². The van der Waals surface area contributed by atoms with E-state index in [1.165, 1.54) is 6.07 Å². The molecule has 22 heavy (non-hydrogen) atoms. The summed E-state index contributed by atoms with van der Waals surface area (Å²) < 4.78 is 15.1. The molecule has 0 aliphatic rings. The Hall–Kier alpha value is -2.46. The fourth-order valence-corrected chi connectivity index (χ4v) is 2.48. The maximum absolute atomic E-state index is 13.2. The molecule has 0 radical (unpaired) electrons. The van der Waals surface area contributed by atoms with Crippen molar-refractivity contribution in [1.29, 1.82) is 0 Å². The highest BCUT2D eigenvalue weighted by Gasteiger charge is 2.06. The molecule has 0 atom stereocenters. The van der Waals surface area contributed by atoms with Crippen LogP contribution in [0.3, 0.4) is 0 Å². The second kappa shape index (κ2) is 6.54. The summed E-state index contributed by atoms with van der Waals surface area (Å²) in [5.41, 5.74) is 3.14. The van der Waals surface area contributed by atoms with Crippen LogP contribution in [0.5, 0.6) is 0 Å². The quantitative estimate of drug-likeness (QED) is 0.716. The van der Waals surface area contributed by atoms with Crippen molar-refractivity contribution in [3.63, 3.8) is 0 Å². The molecule has 2 aromatic carbocycles. The van der Waals surface area contributed by atoms with Gasteiger partial charge in [0.2, 0.25) is 0 Å². The SMILES string of the molecule is CN(Cc1cccc(F)c1)Cc1cnn(-c2ccccc2)c1. The van der Waals surface area contributed by atoms with Crippen molar-refractivity contribution in [3.8, 4) is 5.69 Å². The van der Waals surface area contributed by atoms with E-state index in [9.17, 15) is 4.39 Å². The van der Waals surface area contributed by atoms with E-state index in [0.717, 1.165) is 23.4 Å². The van der Waals surface area contributed by atoms with E-state index >= 15 is 0 Å². The van der Waals surface area contributed by atoms with Gasteiger partial charge in [-0.25, -0.2) is 9.07 Å². The normalized spacial score (nSPS) is 11.0. The van der Waals surface area contributed by atoms with Gasteiger partial charge in [0, 0.05) is 24.8 Å². The Morgan fingerprint density at radius 3 is 2.55 bits per heavy atom. The van der Waals surface area contributed by atoms with Crippen LogP contribution < -0.4 is 0 Å². The molecule has 112 valence electrons. The van der Waals surface area contributed by atoms with Gasteiger partial charge in [0.15, 0.2) is 0 Å². The monoisotopic (exact) mass is 295 g/mol. The maximum Gasteiger partial charge on any atom is 0.123 e. The lowest BCUT2D eigenvalue weighted by atomic mass is 10.2. The van der Waals surface area contributed by atoms with Crippen molar-refractivity contribution < 1.29 is 4.39 Å². The van der Waals surface area contributed by atoms with E-state index in [-0.39, 0.29) is 5.82 Å².